The van der Waals surface area contributed by atoms with Gasteiger partial charge >= 0.3 is 0 Å². The highest BCUT2D eigenvalue weighted by atomic mass is 127. The molecule has 0 aliphatic carbocycles. The number of nitrogens with zero attached hydrogens (tertiary/aromatic N) is 1. The minimum atomic E-state index is -0.105. The summed E-state index contributed by atoms with van der Waals surface area (Å²) in [7, 11) is 1.75. The van der Waals surface area contributed by atoms with Crippen LogP contribution in [0.4, 0.5) is 5.69 Å². The molecule has 6 nitrogen and oxygen atoms in total. The summed E-state index contributed by atoms with van der Waals surface area (Å²) in [5.74, 6) is 1.33. The summed E-state index contributed by atoms with van der Waals surface area (Å²) in [5.41, 5.74) is 3.22. The van der Waals surface area contributed by atoms with Gasteiger partial charge in [0, 0.05) is 37.2 Å². The van der Waals surface area contributed by atoms with Gasteiger partial charge in [0.25, 0.3) is 0 Å². The van der Waals surface area contributed by atoms with Gasteiger partial charge in [-0.1, -0.05) is 18.2 Å². The fourth-order valence-corrected chi connectivity index (χ4v) is 3.31. The summed E-state index contributed by atoms with van der Waals surface area (Å²) in [6.07, 6.45) is 2.09. The molecule has 0 aliphatic rings. The fraction of sp³-hybridized carbons (Fsp3) is 0.333. The summed E-state index contributed by atoms with van der Waals surface area (Å²) >= 11 is 1.75. The molecule has 0 saturated carbocycles. The highest BCUT2D eigenvalue weighted by Gasteiger charge is 2.04. The topological polar surface area (TPSA) is 74.8 Å². The van der Waals surface area contributed by atoms with Gasteiger partial charge in [0.1, 0.15) is 12.4 Å². The molecular weight excluding hydrogens is 499 g/mol. The number of thioether (sulfide) groups is 1. The van der Waals surface area contributed by atoms with Crippen molar-refractivity contribution in [2.45, 2.75) is 25.3 Å². The van der Waals surface area contributed by atoms with Crippen molar-refractivity contribution in [3.63, 3.8) is 0 Å². The van der Waals surface area contributed by atoms with Crippen molar-refractivity contribution >= 4 is 53.3 Å². The molecule has 0 spiro atoms. The van der Waals surface area contributed by atoms with Crippen molar-refractivity contribution < 1.29 is 9.53 Å². The molecule has 0 bridgehead atoms. The van der Waals surface area contributed by atoms with E-state index in [9.17, 15) is 4.79 Å². The van der Waals surface area contributed by atoms with Crippen LogP contribution < -0.4 is 20.7 Å². The number of nitrogens with one attached hydrogen (secondary N) is 3. The van der Waals surface area contributed by atoms with Crippen molar-refractivity contribution in [3.05, 3.63) is 53.6 Å². The van der Waals surface area contributed by atoms with Crippen LogP contribution >= 0.6 is 35.7 Å². The van der Waals surface area contributed by atoms with E-state index in [4.69, 9.17) is 4.74 Å². The minimum Gasteiger partial charge on any atom is -0.492 e. The standard InChI is InChI=1S/C21H28N4O2S.HI/c1-15-8-9-17(20(12-15)28-4)14-24-21(22-3)23-10-11-27-19-7-5-6-18(13-19)25-16(2)26;/h5-9,12-13H,10-11,14H2,1-4H3,(H,25,26)(H2,22,23,24);1H. The van der Waals surface area contributed by atoms with Crippen LogP contribution in [0, 0.1) is 6.92 Å². The molecule has 2 rings (SSSR count). The first-order chi connectivity index (χ1) is 13.5. The third kappa shape index (κ3) is 8.95. The summed E-state index contributed by atoms with van der Waals surface area (Å²) in [6.45, 7) is 5.37. The molecule has 158 valence electrons. The van der Waals surface area contributed by atoms with Crippen molar-refractivity contribution in [2.75, 3.05) is 31.8 Å². The highest BCUT2D eigenvalue weighted by molar-refractivity contribution is 14.0. The van der Waals surface area contributed by atoms with E-state index >= 15 is 0 Å². The van der Waals surface area contributed by atoms with E-state index in [1.807, 2.05) is 18.2 Å². The predicted molar refractivity (Wildman–Crippen MR) is 133 cm³/mol. The van der Waals surface area contributed by atoms with Crippen LogP contribution in [0.25, 0.3) is 0 Å². The Morgan fingerprint density at radius 3 is 2.66 bits per heavy atom. The highest BCUT2D eigenvalue weighted by Crippen LogP contribution is 2.21. The molecule has 0 unspecified atom stereocenters. The maximum atomic E-state index is 11.1. The number of aryl methyl sites for hydroxylation is 1. The molecule has 0 radical (unpaired) electrons. The Bertz CT molecular complexity index is 830. The Morgan fingerprint density at radius 2 is 1.97 bits per heavy atom. The van der Waals surface area contributed by atoms with Crippen LogP contribution in [0.3, 0.4) is 0 Å². The lowest BCUT2D eigenvalue weighted by atomic mass is 10.1. The van der Waals surface area contributed by atoms with E-state index < -0.39 is 0 Å². The number of ether oxygens (including phenoxy) is 1. The number of guanidine groups is 1. The van der Waals surface area contributed by atoms with Crippen LogP contribution in [-0.4, -0.2) is 38.3 Å². The van der Waals surface area contributed by atoms with Crippen molar-refractivity contribution in [2.24, 2.45) is 4.99 Å². The van der Waals surface area contributed by atoms with Gasteiger partial charge in [-0.2, -0.15) is 0 Å². The van der Waals surface area contributed by atoms with Gasteiger partial charge in [-0.15, -0.1) is 35.7 Å². The molecule has 0 atom stereocenters. The lowest BCUT2D eigenvalue weighted by molar-refractivity contribution is -0.114. The van der Waals surface area contributed by atoms with E-state index in [-0.39, 0.29) is 29.9 Å². The average molecular weight is 528 g/mol. The first-order valence-corrected chi connectivity index (χ1v) is 10.3. The van der Waals surface area contributed by atoms with Crippen molar-refractivity contribution in [1.29, 1.82) is 0 Å². The number of carbonyl (C=O) groups excluding carboxylic acids is 1. The number of halogens is 1. The molecule has 3 N–H and O–H groups in total. The normalized spacial score (nSPS) is 10.7. The van der Waals surface area contributed by atoms with E-state index in [1.165, 1.54) is 22.9 Å². The molecule has 0 heterocycles. The molecule has 0 fully saturated rings. The average Bonchev–Trinajstić information content (AvgIpc) is 2.68. The molecule has 2 aromatic carbocycles. The number of hydrogen-bond donors (Lipinski definition) is 3. The van der Waals surface area contributed by atoms with Crippen LogP contribution in [-0.2, 0) is 11.3 Å². The van der Waals surface area contributed by atoms with Crippen LogP contribution in [0.5, 0.6) is 5.75 Å². The number of benzene rings is 2. The minimum absolute atomic E-state index is 0. The maximum absolute atomic E-state index is 11.1. The predicted octanol–water partition coefficient (Wildman–Crippen LogP) is 4.04. The summed E-state index contributed by atoms with van der Waals surface area (Å²) in [6, 6.07) is 13.8. The molecule has 0 aromatic heterocycles. The lowest BCUT2D eigenvalue weighted by Gasteiger charge is -2.14. The first-order valence-electron chi connectivity index (χ1n) is 9.10. The number of carbonyl (C=O) groups is 1. The Morgan fingerprint density at radius 1 is 1.17 bits per heavy atom. The van der Waals surface area contributed by atoms with Gasteiger partial charge in [0.2, 0.25) is 5.91 Å². The molecule has 0 saturated heterocycles. The van der Waals surface area contributed by atoms with Gasteiger partial charge in [-0.05, 0) is 42.5 Å². The van der Waals surface area contributed by atoms with Crippen LogP contribution in [0.15, 0.2) is 52.4 Å². The van der Waals surface area contributed by atoms with Gasteiger partial charge in [-0.25, -0.2) is 0 Å². The van der Waals surface area contributed by atoms with E-state index in [1.54, 1.807) is 24.9 Å². The van der Waals surface area contributed by atoms with Gasteiger partial charge in [0.15, 0.2) is 5.96 Å². The SMILES string of the molecule is CN=C(NCCOc1cccc(NC(C)=O)c1)NCc1ccc(C)cc1SC.I. The Balaban J connectivity index is 0.00000420. The van der Waals surface area contributed by atoms with Crippen molar-refractivity contribution in [3.8, 4) is 5.75 Å². The molecule has 0 aliphatic heterocycles. The largest absolute Gasteiger partial charge is 0.492 e. The molecule has 1 amide bonds. The number of rotatable bonds is 8. The van der Waals surface area contributed by atoms with Gasteiger partial charge in [-0.3, -0.25) is 9.79 Å². The Kier molecular flexibility index (Phi) is 11.5. The van der Waals surface area contributed by atoms with E-state index in [0.717, 1.165) is 11.6 Å². The zero-order valence-corrected chi connectivity index (χ0v) is 20.4. The first kappa shape index (κ1) is 25.1. The van der Waals surface area contributed by atoms with Gasteiger partial charge in [0.05, 0.1) is 6.54 Å². The Labute approximate surface area is 194 Å². The quantitative estimate of drug-likeness (QED) is 0.159. The van der Waals surface area contributed by atoms with E-state index in [0.29, 0.717) is 25.4 Å². The second-order valence-corrected chi connectivity index (χ2v) is 7.07. The van der Waals surface area contributed by atoms with Gasteiger partial charge < -0.3 is 20.7 Å². The summed E-state index contributed by atoms with van der Waals surface area (Å²) < 4.78 is 5.74. The zero-order valence-electron chi connectivity index (χ0n) is 17.2. The lowest BCUT2D eigenvalue weighted by Crippen LogP contribution is -2.39. The van der Waals surface area contributed by atoms with E-state index in [2.05, 4.69) is 52.3 Å². The number of amides is 1. The monoisotopic (exact) mass is 528 g/mol. The Hall–Kier alpha value is -1.94. The fourth-order valence-electron chi connectivity index (χ4n) is 2.60. The second kappa shape index (κ2) is 13.3. The number of hydrogen-bond acceptors (Lipinski definition) is 4. The molecule has 2 aromatic rings. The third-order valence-corrected chi connectivity index (χ3v) is 4.75. The zero-order chi connectivity index (χ0) is 20.4. The maximum Gasteiger partial charge on any atom is 0.221 e. The molecule has 8 heteroatoms. The second-order valence-electron chi connectivity index (χ2n) is 6.23. The smallest absolute Gasteiger partial charge is 0.221 e. The van der Waals surface area contributed by atoms with Crippen LogP contribution in [0.1, 0.15) is 18.1 Å². The number of aliphatic imine (C=N–C) groups is 1. The summed E-state index contributed by atoms with van der Waals surface area (Å²) in [4.78, 5) is 16.7. The molecule has 29 heavy (non-hydrogen) atoms. The number of anilines is 1. The molecular formula is C21H29IN4O2S. The summed E-state index contributed by atoms with van der Waals surface area (Å²) in [5, 5.41) is 9.32. The van der Waals surface area contributed by atoms with Crippen LogP contribution in [0.2, 0.25) is 0 Å². The third-order valence-electron chi connectivity index (χ3n) is 3.93. The van der Waals surface area contributed by atoms with Crippen molar-refractivity contribution in [1.82, 2.24) is 10.6 Å².